The lowest BCUT2D eigenvalue weighted by molar-refractivity contribution is 0.195. The maximum absolute atomic E-state index is 12.2. The molecule has 136 valence electrons. The fourth-order valence-corrected chi connectivity index (χ4v) is 2.81. The number of fused-ring (bicyclic) bond motifs is 1. The molecule has 0 fully saturated rings. The average Bonchev–Trinajstić information content (AvgIpc) is 2.98. The summed E-state index contributed by atoms with van der Waals surface area (Å²) in [4.78, 5) is 18.4. The summed E-state index contributed by atoms with van der Waals surface area (Å²) < 4.78 is 7.74. The molecule has 0 aliphatic heterocycles. The molecule has 26 heavy (non-hydrogen) atoms. The third-order valence-corrected chi connectivity index (χ3v) is 4.24. The summed E-state index contributed by atoms with van der Waals surface area (Å²) in [5.41, 5.74) is 2.07. The van der Waals surface area contributed by atoms with Crippen LogP contribution in [0, 0.1) is 6.92 Å². The number of likely N-dealkylation sites (N-methyl/N-ethyl adjacent to an activating group) is 1. The standard InChI is InChI=1S/C20H24N4O2/c1-16-22-18-10-6-7-11-19(18)24(16)13-12-21-20(25)23(2)14-15-26-17-8-4-3-5-9-17/h3-11H,12-15H2,1-2H3,(H,21,25). The fraction of sp³-hybridized carbons (Fsp3) is 0.300. The van der Waals surface area contributed by atoms with E-state index < -0.39 is 0 Å². The summed E-state index contributed by atoms with van der Waals surface area (Å²) in [6, 6.07) is 17.5. The van der Waals surface area contributed by atoms with Crippen LogP contribution in [0.1, 0.15) is 5.82 Å². The maximum Gasteiger partial charge on any atom is 0.317 e. The van der Waals surface area contributed by atoms with Crippen LogP contribution in [-0.4, -0.2) is 47.2 Å². The fourth-order valence-electron chi connectivity index (χ4n) is 2.81. The summed E-state index contributed by atoms with van der Waals surface area (Å²) in [5, 5.41) is 2.94. The van der Waals surface area contributed by atoms with Gasteiger partial charge in [0.05, 0.1) is 17.6 Å². The summed E-state index contributed by atoms with van der Waals surface area (Å²) in [6.45, 7) is 4.19. The number of carbonyl (C=O) groups excluding carboxylic acids is 1. The number of hydrogen-bond acceptors (Lipinski definition) is 3. The number of aromatic nitrogens is 2. The van der Waals surface area contributed by atoms with E-state index in [9.17, 15) is 4.79 Å². The molecular weight excluding hydrogens is 328 g/mol. The Hall–Kier alpha value is -3.02. The molecule has 0 bridgehead atoms. The van der Waals surface area contributed by atoms with Crippen LogP contribution in [0.3, 0.4) is 0 Å². The first-order valence-electron chi connectivity index (χ1n) is 8.74. The molecule has 1 aromatic heterocycles. The van der Waals surface area contributed by atoms with Crippen LogP contribution >= 0.6 is 0 Å². The van der Waals surface area contributed by atoms with E-state index in [-0.39, 0.29) is 6.03 Å². The zero-order chi connectivity index (χ0) is 18.4. The smallest absolute Gasteiger partial charge is 0.317 e. The molecule has 1 heterocycles. The van der Waals surface area contributed by atoms with Crippen LogP contribution in [0.25, 0.3) is 11.0 Å². The molecule has 2 aromatic carbocycles. The predicted octanol–water partition coefficient (Wildman–Crippen LogP) is 3.07. The van der Waals surface area contributed by atoms with Crippen LogP contribution in [0.5, 0.6) is 5.75 Å². The molecule has 6 nitrogen and oxygen atoms in total. The van der Waals surface area contributed by atoms with Crippen LogP contribution in [-0.2, 0) is 6.54 Å². The summed E-state index contributed by atoms with van der Waals surface area (Å²) >= 11 is 0. The first kappa shape index (κ1) is 17.8. The van der Waals surface area contributed by atoms with Gasteiger partial charge < -0.3 is 19.5 Å². The lowest BCUT2D eigenvalue weighted by Gasteiger charge is -2.18. The van der Waals surface area contributed by atoms with Gasteiger partial charge in [0.25, 0.3) is 0 Å². The van der Waals surface area contributed by atoms with Crippen molar-refractivity contribution in [3.8, 4) is 5.75 Å². The van der Waals surface area contributed by atoms with Crippen molar-refractivity contribution in [3.63, 3.8) is 0 Å². The number of hydrogen-bond donors (Lipinski definition) is 1. The van der Waals surface area contributed by atoms with Crippen molar-refractivity contribution >= 4 is 17.1 Å². The molecule has 1 N–H and O–H groups in total. The van der Waals surface area contributed by atoms with Crippen molar-refractivity contribution in [2.75, 3.05) is 26.7 Å². The highest BCUT2D eigenvalue weighted by molar-refractivity contribution is 5.76. The molecule has 0 aliphatic carbocycles. The number of carbonyl (C=O) groups is 1. The molecule has 3 aromatic rings. The van der Waals surface area contributed by atoms with Gasteiger partial charge in [0.2, 0.25) is 0 Å². The summed E-state index contributed by atoms with van der Waals surface area (Å²) in [7, 11) is 1.77. The van der Waals surface area contributed by atoms with Gasteiger partial charge in [-0.3, -0.25) is 0 Å². The van der Waals surface area contributed by atoms with Crippen molar-refractivity contribution in [1.82, 2.24) is 19.8 Å². The molecule has 0 spiro atoms. The van der Waals surface area contributed by atoms with Gasteiger partial charge in [-0.2, -0.15) is 0 Å². The van der Waals surface area contributed by atoms with Crippen molar-refractivity contribution in [1.29, 1.82) is 0 Å². The minimum absolute atomic E-state index is 0.108. The van der Waals surface area contributed by atoms with Gasteiger partial charge in [0.15, 0.2) is 0 Å². The van der Waals surface area contributed by atoms with Crippen LogP contribution in [0.2, 0.25) is 0 Å². The van der Waals surface area contributed by atoms with E-state index in [2.05, 4.69) is 14.9 Å². The summed E-state index contributed by atoms with van der Waals surface area (Å²) in [5.74, 6) is 1.76. The summed E-state index contributed by atoms with van der Waals surface area (Å²) in [6.07, 6.45) is 0. The number of rotatable bonds is 7. The Bertz CT molecular complexity index is 861. The molecule has 2 amide bonds. The second kappa shape index (κ2) is 8.38. The van der Waals surface area contributed by atoms with Crippen molar-refractivity contribution in [2.45, 2.75) is 13.5 Å². The molecule has 0 atom stereocenters. The zero-order valence-electron chi connectivity index (χ0n) is 15.2. The van der Waals surface area contributed by atoms with Crippen molar-refractivity contribution in [3.05, 3.63) is 60.4 Å². The lowest BCUT2D eigenvalue weighted by atomic mass is 10.3. The highest BCUT2D eigenvalue weighted by Crippen LogP contribution is 2.14. The third kappa shape index (κ3) is 4.33. The first-order valence-corrected chi connectivity index (χ1v) is 8.74. The van der Waals surface area contributed by atoms with E-state index in [1.54, 1.807) is 11.9 Å². The Kier molecular flexibility index (Phi) is 5.73. The van der Waals surface area contributed by atoms with Gasteiger partial charge >= 0.3 is 6.03 Å². The largest absolute Gasteiger partial charge is 0.492 e. The van der Waals surface area contributed by atoms with Crippen LogP contribution in [0.4, 0.5) is 4.79 Å². The van der Waals surface area contributed by atoms with E-state index in [0.717, 1.165) is 22.6 Å². The Morgan fingerprint density at radius 2 is 1.88 bits per heavy atom. The first-order chi connectivity index (χ1) is 12.6. The highest BCUT2D eigenvalue weighted by atomic mass is 16.5. The average molecular weight is 352 g/mol. The number of benzene rings is 2. The number of imidazole rings is 1. The zero-order valence-corrected chi connectivity index (χ0v) is 15.2. The Labute approximate surface area is 153 Å². The molecule has 0 saturated carbocycles. The van der Waals surface area contributed by atoms with E-state index in [0.29, 0.717) is 26.2 Å². The molecule has 0 unspecified atom stereocenters. The Morgan fingerprint density at radius 3 is 2.69 bits per heavy atom. The normalized spacial score (nSPS) is 10.7. The highest BCUT2D eigenvalue weighted by Gasteiger charge is 2.10. The molecule has 3 rings (SSSR count). The molecule has 0 radical (unpaired) electrons. The molecule has 0 saturated heterocycles. The van der Waals surface area contributed by atoms with E-state index in [1.807, 2.05) is 61.5 Å². The lowest BCUT2D eigenvalue weighted by Crippen LogP contribution is -2.40. The number of nitrogens with one attached hydrogen (secondary N) is 1. The number of ether oxygens (including phenoxy) is 1. The van der Waals surface area contributed by atoms with Crippen LogP contribution < -0.4 is 10.1 Å². The topological polar surface area (TPSA) is 59.4 Å². The van der Waals surface area contributed by atoms with Crippen molar-refractivity contribution < 1.29 is 9.53 Å². The Balaban J connectivity index is 1.44. The Morgan fingerprint density at radius 1 is 1.15 bits per heavy atom. The monoisotopic (exact) mass is 352 g/mol. The van der Waals surface area contributed by atoms with Gasteiger partial charge in [-0.25, -0.2) is 9.78 Å². The predicted molar refractivity (Wildman–Crippen MR) is 102 cm³/mol. The maximum atomic E-state index is 12.2. The van der Waals surface area contributed by atoms with E-state index in [4.69, 9.17) is 4.74 Å². The quantitative estimate of drug-likeness (QED) is 0.711. The van der Waals surface area contributed by atoms with Crippen LogP contribution in [0.15, 0.2) is 54.6 Å². The van der Waals surface area contributed by atoms with Gasteiger partial charge in [0.1, 0.15) is 18.2 Å². The molecule has 6 heteroatoms. The molecular formula is C20H24N4O2. The minimum Gasteiger partial charge on any atom is -0.492 e. The van der Waals surface area contributed by atoms with Gasteiger partial charge in [-0.1, -0.05) is 30.3 Å². The van der Waals surface area contributed by atoms with Gasteiger partial charge in [-0.15, -0.1) is 0 Å². The van der Waals surface area contributed by atoms with Crippen molar-refractivity contribution in [2.24, 2.45) is 0 Å². The van der Waals surface area contributed by atoms with E-state index >= 15 is 0 Å². The number of amides is 2. The minimum atomic E-state index is -0.108. The van der Waals surface area contributed by atoms with Gasteiger partial charge in [-0.05, 0) is 31.2 Å². The van der Waals surface area contributed by atoms with E-state index in [1.165, 1.54) is 0 Å². The third-order valence-electron chi connectivity index (χ3n) is 4.24. The molecule has 0 aliphatic rings. The number of urea groups is 1. The van der Waals surface area contributed by atoms with Gasteiger partial charge in [0, 0.05) is 20.1 Å². The SMILES string of the molecule is Cc1nc2ccccc2n1CCNC(=O)N(C)CCOc1ccccc1. The number of para-hydroxylation sites is 3. The second-order valence-electron chi connectivity index (χ2n) is 6.11. The number of nitrogens with zero attached hydrogens (tertiary/aromatic N) is 3. The number of aryl methyl sites for hydroxylation is 1. The second-order valence-corrected chi connectivity index (χ2v) is 6.11.